The minimum absolute atomic E-state index is 0.0362. The van der Waals surface area contributed by atoms with Gasteiger partial charge in [0.2, 0.25) is 5.91 Å². The lowest BCUT2D eigenvalue weighted by Crippen LogP contribution is -2.34. The molecule has 0 aromatic heterocycles. The molecule has 0 heterocycles. The van der Waals surface area contributed by atoms with E-state index in [-0.39, 0.29) is 16.9 Å². The van der Waals surface area contributed by atoms with E-state index in [0.717, 1.165) is 30.5 Å². The third-order valence-electron chi connectivity index (χ3n) is 4.43. The van der Waals surface area contributed by atoms with Crippen molar-refractivity contribution in [3.8, 4) is 5.75 Å². The van der Waals surface area contributed by atoms with Crippen LogP contribution in [0.15, 0.2) is 48.5 Å². The predicted molar refractivity (Wildman–Crippen MR) is 124 cm³/mol. The third-order valence-corrected chi connectivity index (χ3v) is 4.63. The van der Waals surface area contributed by atoms with Gasteiger partial charge in [0.05, 0.1) is 18.6 Å². The van der Waals surface area contributed by atoms with Gasteiger partial charge in [-0.3, -0.25) is 14.9 Å². The van der Waals surface area contributed by atoms with Gasteiger partial charge in [-0.05, 0) is 48.5 Å². The molecule has 0 atom stereocenters. The second kappa shape index (κ2) is 11.9. The molecule has 2 aromatic rings. The largest absolute Gasteiger partial charge is 0.493 e. The number of amides is 2. The first-order valence-electron chi connectivity index (χ1n) is 10.0. The highest BCUT2D eigenvalue weighted by molar-refractivity contribution is 7.80. The van der Waals surface area contributed by atoms with E-state index in [1.807, 2.05) is 30.3 Å². The number of hydrogen-bond donors (Lipinski definition) is 2. The molecule has 0 saturated carbocycles. The van der Waals surface area contributed by atoms with Crippen LogP contribution in [0.5, 0.6) is 5.75 Å². The number of carbonyl (C=O) groups is 2. The zero-order chi connectivity index (χ0) is 21.9. The molecule has 2 amide bonds. The van der Waals surface area contributed by atoms with Gasteiger partial charge in [-0.15, -0.1) is 0 Å². The SMILES string of the molecule is CCCCCOc1ccccc1C(=O)NC(=S)Nc1ccc(CC(=O)N(C)C)cc1. The van der Waals surface area contributed by atoms with Crippen molar-refractivity contribution in [3.63, 3.8) is 0 Å². The lowest BCUT2D eigenvalue weighted by molar-refractivity contribution is -0.127. The quantitative estimate of drug-likeness (QED) is 0.467. The summed E-state index contributed by atoms with van der Waals surface area (Å²) < 4.78 is 5.77. The molecule has 30 heavy (non-hydrogen) atoms. The Morgan fingerprint density at radius 1 is 1.03 bits per heavy atom. The number of nitrogens with zero attached hydrogens (tertiary/aromatic N) is 1. The molecule has 0 unspecified atom stereocenters. The van der Waals surface area contributed by atoms with Gasteiger partial charge in [-0.1, -0.05) is 44.0 Å². The molecule has 0 spiro atoms. The van der Waals surface area contributed by atoms with E-state index in [1.54, 1.807) is 37.2 Å². The molecule has 0 aliphatic carbocycles. The van der Waals surface area contributed by atoms with E-state index in [2.05, 4.69) is 17.6 Å². The normalized spacial score (nSPS) is 10.2. The van der Waals surface area contributed by atoms with E-state index < -0.39 is 0 Å². The fraction of sp³-hybridized carbons (Fsp3) is 0.348. The fourth-order valence-electron chi connectivity index (χ4n) is 2.69. The summed E-state index contributed by atoms with van der Waals surface area (Å²) in [6.07, 6.45) is 3.48. The summed E-state index contributed by atoms with van der Waals surface area (Å²) >= 11 is 5.27. The van der Waals surface area contributed by atoms with Gasteiger partial charge < -0.3 is 15.0 Å². The van der Waals surface area contributed by atoms with Gasteiger partial charge in [0.15, 0.2) is 5.11 Å². The van der Waals surface area contributed by atoms with E-state index in [0.29, 0.717) is 24.3 Å². The minimum atomic E-state index is -0.327. The minimum Gasteiger partial charge on any atom is -0.493 e. The zero-order valence-electron chi connectivity index (χ0n) is 17.7. The van der Waals surface area contributed by atoms with Gasteiger partial charge in [0.1, 0.15) is 5.75 Å². The van der Waals surface area contributed by atoms with Crippen molar-refractivity contribution in [1.29, 1.82) is 0 Å². The number of para-hydroxylation sites is 1. The summed E-state index contributed by atoms with van der Waals surface area (Å²) in [5.41, 5.74) is 2.07. The number of benzene rings is 2. The topological polar surface area (TPSA) is 70.7 Å². The molecule has 0 fully saturated rings. The summed E-state index contributed by atoms with van der Waals surface area (Å²) in [7, 11) is 3.46. The molecule has 7 heteroatoms. The van der Waals surface area contributed by atoms with E-state index in [1.165, 1.54) is 0 Å². The van der Waals surface area contributed by atoms with Crippen molar-refractivity contribution in [1.82, 2.24) is 10.2 Å². The Morgan fingerprint density at radius 3 is 2.40 bits per heavy atom. The highest BCUT2D eigenvalue weighted by Gasteiger charge is 2.14. The van der Waals surface area contributed by atoms with Gasteiger partial charge in [-0.2, -0.15) is 0 Å². The van der Waals surface area contributed by atoms with Crippen LogP contribution in [0, 0.1) is 0 Å². The molecule has 0 saturated heterocycles. The number of rotatable bonds is 9. The van der Waals surface area contributed by atoms with Crippen LogP contribution in [0.4, 0.5) is 5.69 Å². The molecular weight excluding hydrogens is 398 g/mol. The Kier molecular flexibility index (Phi) is 9.28. The van der Waals surface area contributed by atoms with Gasteiger partial charge in [0.25, 0.3) is 5.91 Å². The van der Waals surface area contributed by atoms with Gasteiger partial charge in [0, 0.05) is 19.8 Å². The zero-order valence-corrected chi connectivity index (χ0v) is 18.6. The summed E-state index contributed by atoms with van der Waals surface area (Å²) in [6.45, 7) is 2.70. The molecule has 2 N–H and O–H groups in total. The number of thiocarbonyl (C=S) groups is 1. The molecular formula is C23H29N3O3S. The lowest BCUT2D eigenvalue weighted by Gasteiger charge is -2.13. The number of likely N-dealkylation sites (N-methyl/N-ethyl adjacent to an activating group) is 1. The second-order valence-corrected chi connectivity index (χ2v) is 7.53. The third kappa shape index (κ3) is 7.48. The van der Waals surface area contributed by atoms with E-state index in [4.69, 9.17) is 17.0 Å². The van der Waals surface area contributed by atoms with Crippen LogP contribution in [0.2, 0.25) is 0 Å². The van der Waals surface area contributed by atoms with Crippen LogP contribution >= 0.6 is 12.2 Å². The highest BCUT2D eigenvalue weighted by atomic mass is 32.1. The Balaban J connectivity index is 1.92. The maximum atomic E-state index is 12.6. The summed E-state index contributed by atoms with van der Waals surface area (Å²) in [5.74, 6) is 0.254. The second-order valence-electron chi connectivity index (χ2n) is 7.12. The Hall–Kier alpha value is -2.93. The van der Waals surface area contributed by atoms with Crippen molar-refractivity contribution in [2.75, 3.05) is 26.0 Å². The number of ether oxygens (including phenoxy) is 1. The van der Waals surface area contributed by atoms with Crippen molar-refractivity contribution in [3.05, 3.63) is 59.7 Å². The first-order valence-corrected chi connectivity index (χ1v) is 10.4. The average Bonchev–Trinajstić information content (AvgIpc) is 2.72. The monoisotopic (exact) mass is 427 g/mol. The van der Waals surface area contributed by atoms with Gasteiger partial charge >= 0.3 is 0 Å². The molecule has 6 nitrogen and oxygen atoms in total. The highest BCUT2D eigenvalue weighted by Crippen LogP contribution is 2.18. The smallest absolute Gasteiger partial charge is 0.261 e. The number of nitrogens with one attached hydrogen (secondary N) is 2. The molecule has 160 valence electrons. The van der Waals surface area contributed by atoms with Crippen molar-refractivity contribution >= 4 is 34.8 Å². The molecule has 2 rings (SSSR count). The molecule has 2 aromatic carbocycles. The summed E-state index contributed by atoms with van der Waals surface area (Å²) in [4.78, 5) is 26.0. The van der Waals surface area contributed by atoms with Crippen molar-refractivity contribution in [2.24, 2.45) is 0 Å². The molecule has 0 aliphatic heterocycles. The maximum absolute atomic E-state index is 12.6. The van der Waals surface area contributed by atoms with E-state index >= 15 is 0 Å². The average molecular weight is 428 g/mol. The summed E-state index contributed by atoms with van der Waals surface area (Å²) in [6, 6.07) is 14.5. The lowest BCUT2D eigenvalue weighted by atomic mass is 10.1. The maximum Gasteiger partial charge on any atom is 0.261 e. The van der Waals surface area contributed by atoms with Crippen LogP contribution in [-0.4, -0.2) is 42.5 Å². The van der Waals surface area contributed by atoms with Crippen molar-refractivity contribution in [2.45, 2.75) is 32.6 Å². The van der Waals surface area contributed by atoms with Crippen LogP contribution in [0.3, 0.4) is 0 Å². The van der Waals surface area contributed by atoms with E-state index in [9.17, 15) is 9.59 Å². The fourth-order valence-corrected chi connectivity index (χ4v) is 2.90. The number of carbonyl (C=O) groups excluding carboxylic acids is 2. The standard InChI is InChI=1S/C23H29N3O3S/c1-4-5-8-15-29-20-10-7-6-9-19(20)22(28)25-23(30)24-18-13-11-17(12-14-18)16-21(27)26(2)3/h6-7,9-14H,4-5,8,15-16H2,1-3H3,(H2,24,25,28,30). The molecule has 0 bridgehead atoms. The first-order chi connectivity index (χ1) is 14.4. The Morgan fingerprint density at radius 2 is 1.73 bits per heavy atom. The Bertz CT molecular complexity index is 866. The first kappa shape index (κ1) is 23.3. The van der Waals surface area contributed by atoms with Crippen LogP contribution in [-0.2, 0) is 11.2 Å². The van der Waals surface area contributed by atoms with Crippen LogP contribution in [0.1, 0.15) is 42.1 Å². The molecule has 0 aliphatic rings. The number of unbranched alkanes of at least 4 members (excludes halogenated alkanes) is 2. The molecule has 0 radical (unpaired) electrons. The van der Waals surface area contributed by atoms with Gasteiger partial charge in [-0.25, -0.2) is 0 Å². The Labute approximate surface area is 183 Å². The predicted octanol–water partition coefficient (Wildman–Crippen LogP) is 4.01. The van der Waals surface area contributed by atoms with Crippen LogP contribution < -0.4 is 15.4 Å². The van der Waals surface area contributed by atoms with Crippen molar-refractivity contribution < 1.29 is 14.3 Å². The summed E-state index contributed by atoms with van der Waals surface area (Å²) in [5, 5.41) is 5.87. The number of hydrogen-bond acceptors (Lipinski definition) is 4. The van der Waals surface area contributed by atoms with Crippen LogP contribution in [0.25, 0.3) is 0 Å². The number of anilines is 1.